The van der Waals surface area contributed by atoms with E-state index < -0.39 is 0 Å². The molecular formula is C13H17FN2. The van der Waals surface area contributed by atoms with E-state index in [1.54, 1.807) is 12.1 Å². The van der Waals surface area contributed by atoms with Crippen molar-refractivity contribution in [3.05, 3.63) is 35.6 Å². The Balaban J connectivity index is 1.76. The maximum absolute atomic E-state index is 13.7. The van der Waals surface area contributed by atoms with Crippen molar-refractivity contribution in [1.29, 1.82) is 0 Å². The van der Waals surface area contributed by atoms with Crippen LogP contribution >= 0.6 is 0 Å². The van der Waals surface area contributed by atoms with E-state index in [9.17, 15) is 4.39 Å². The fraction of sp³-hybridized carbons (Fsp3) is 0.538. The van der Waals surface area contributed by atoms with Gasteiger partial charge in [0.2, 0.25) is 0 Å². The monoisotopic (exact) mass is 220 g/mol. The standard InChI is InChI=1S/C13H17FN2/c14-12-4-2-1-3-11(12)13-9-16(8-7-15-13)10-5-6-10/h1-4,10,13,15H,5-9H2/t13-/m0/s1. The molecule has 0 aromatic heterocycles. The molecule has 1 heterocycles. The highest BCUT2D eigenvalue weighted by Crippen LogP contribution is 2.30. The van der Waals surface area contributed by atoms with E-state index >= 15 is 0 Å². The van der Waals surface area contributed by atoms with Crippen LogP contribution in [0.15, 0.2) is 24.3 Å². The van der Waals surface area contributed by atoms with Crippen LogP contribution in [0.25, 0.3) is 0 Å². The zero-order valence-electron chi connectivity index (χ0n) is 9.32. The highest BCUT2D eigenvalue weighted by molar-refractivity contribution is 5.22. The number of nitrogens with zero attached hydrogens (tertiary/aromatic N) is 1. The molecule has 2 nitrogen and oxygen atoms in total. The summed E-state index contributed by atoms with van der Waals surface area (Å²) in [5.74, 6) is -0.0855. The number of benzene rings is 1. The number of rotatable bonds is 2. The average molecular weight is 220 g/mol. The minimum absolute atomic E-state index is 0.0855. The number of nitrogens with one attached hydrogen (secondary N) is 1. The van der Waals surface area contributed by atoms with Gasteiger partial charge in [0.1, 0.15) is 5.82 Å². The molecule has 1 aromatic rings. The van der Waals surface area contributed by atoms with Gasteiger partial charge in [0.15, 0.2) is 0 Å². The van der Waals surface area contributed by atoms with Gasteiger partial charge in [0.25, 0.3) is 0 Å². The second-order valence-corrected chi connectivity index (χ2v) is 4.75. The van der Waals surface area contributed by atoms with Crippen LogP contribution in [0, 0.1) is 5.82 Å². The smallest absolute Gasteiger partial charge is 0.128 e. The van der Waals surface area contributed by atoms with Crippen molar-refractivity contribution in [2.24, 2.45) is 0 Å². The summed E-state index contributed by atoms with van der Waals surface area (Å²) in [5, 5.41) is 3.41. The zero-order valence-corrected chi connectivity index (χ0v) is 9.32. The summed E-state index contributed by atoms with van der Waals surface area (Å²) < 4.78 is 13.7. The molecule has 0 amide bonds. The summed E-state index contributed by atoms with van der Waals surface area (Å²) >= 11 is 0. The topological polar surface area (TPSA) is 15.3 Å². The Kier molecular flexibility index (Phi) is 2.65. The van der Waals surface area contributed by atoms with Crippen molar-refractivity contribution in [2.45, 2.75) is 24.9 Å². The van der Waals surface area contributed by atoms with E-state index in [1.807, 2.05) is 12.1 Å². The maximum atomic E-state index is 13.7. The third-order valence-electron chi connectivity index (χ3n) is 3.55. The molecule has 86 valence electrons. The van der Waals surface area contributed by atoms with Crippen LogP contribution in [-0.2, 0) is 0 Å². The van der Waals surface area contributed by atoms with Gasteiger partial charge >= 0.3 is 0 Å². The van der Waals surface area contributed by atoms with Crippen molar-refractivity contribution in [1.82, 2.24) is 10.2 Å². The summed E-state index contributed by atoms with van der Waals surface area (Å²) in [4.78, 5) is 2.49. The fourth-order valence-corrected chi connectivity index (χ4v) is 2.51. The minimum Gasteiger partial charge on any atom is -0.307 e. The third kappa shape index (κ3) is 1.97. The molecule has 0 unspecified atom stereocenters. The molecule has 1 aromatic carbocycles. The lowest BCUT2D eigenvalue weighted by Crippen LogP contribution is -2.46. The Bertz CT molecular complexity index is 376. The number of hydrogen-bond donors (Lipinski definition) is 1. The van der Waals surface area contributed by atoms with E-state index in [0.717, 1.165) is 31.2 Å². The van der Waals surface area contributed by atoms with Crippen molar-refractivity contribution >= 4 is 0 Å². The van der Waals surface area contributed by atoms with Crippen molar-refractivity contribution in [3.63, 3.8) is 0 Å². The maximum Gasteiger partial charge on any atom is 0.128 e. The molecule has 2 aliphatic rings. The van der Waals surface area contributed by atoms with Gasteiger partial charge in [-0.2, -0.15) is 0 Å². The highest BCUT2D eigenvalue weighted by atomic mass is 19.1. The van der Waals surface area contributed by atoms with E-state index in [-0.39, 0.29) is 11.9 Å². The summed E-state index contributed by atoms with van der Waals surface area (Å²) in [5.41, 5.74) is 0.813. The quantitative estimate of drug-likeness (QED) is 0.819. The first-order valence-corrected chi connectivity index (χ1v) is 6.06. The lowest BCUT2D eigenvalue weighted by molar-refractivity contribution is 0.190. The lowest BCUT2D eigenvalue weighted by Gasteiger charge is -2.34. The molecule has 1 atom stereocenters. The molecule has 0 radical (unpaired) electrons. The molecule has 1 N–H and O–H groups in total. The zero-order chi connectivity index (χ0) is 11.0. The Labute approximate surface area is 95.4 Å². The third-order valence-corrected chi connectivity index (χ3v) is 3.55. The second-order valence-electron chi connectivity index (χ2n) is 4.75. The molecule has 1 aliphatic heterocycles. The normalized spacial score (nSPS) is 26.9. The van der Waals surface area contributed by atoms with E-state index in [4.69, 9.17) is 0 Å². The Hall–Kier alpha value is -0.930. The van der Waals surface area contributed by atoms with Gasteiger partial charge in [-0.05, 0) is 18.9 Å². The fourth-order valence-electron chi connectivity index (χ4n) is 2.51. The molecule has 3 heteroatoms. The Morgan fingerprint density at radius 1 is 1.25 bits per heavy atom. The van der Waals surface area contributed by atoms with Crippen molar-refractivity contribution in [3.8, 4) is 0 Å². The van der Waals surface area contributed by atoms with Crippen LogP contribution in [0.4, 0.5) is 4.39 Å². The van der Waals surface area contributed by atoms with E-state index in [2.05, 4.69) is 10.2 Å². The summed E-state index contributed by atoms with van der Waals surface area (Å²) in [7, 11) is 0. The van der Waals surface area contributed by atoms with Crippen molar-refractivity contribution in [2.75, 3.05) is 19.6 Å². The summed E-state index contributed by atoms with van der Waals surface area (Å²) in [6.07, 6.45) is 2.65. The number of hydrogen-bond acceptors (Lipinski definition) is 2. The van der Waals surface area contributed by atoms with Crippen LogP contribution in [0.3, 0.4) is 0 Å². The van der Waals surface area contributed by atoms with Gasteiger partial charge in [-0.1, -0.05) is 18.2 Å². The van der Waals surface area contributed by atoms with Crippen LogP contribution in [0.1, 0.15) is 24.4 Å². The van der Waals surface area contributed by atoms with Crippen LogP contribution < -0.4 is 5.32 Å². The van der Waals surface area contributed by atoms with Crippen LogP contribution in [0.2, 0.25) is 0 Å². The first-order chi connectivity index (χ1) is 7.84. The molecule has 2 fully saturated rings. The SMILES string of the molecule is Fc1ccccc1[C@@H]1CN(C2CC2)CCN1. The number of piperazine rings is 1. The first kappa shape index (κ1) is 10.2. The molecule has 3 rings (SSSR count). The molecule has 16 heavy (non-hydrogen) atoms. The molecular weight excluding hydrogens is 203 g/mol. The lowest BCUT2D eigenvalue weighted by atomic mass is 10.0. The van der Waals surface area contributed by atoms with Gasteiger partial charge < -0.3 is 5.32 Å². The van der Waals surface area contributed by atoms with E-state index in [1.165, 1.54) is 12.8 Å². The van der Waals surface area contributed by atoms with Gasteiger partial charge in [-0.3, -0.25) is 4.90 Å². The predicted molar refractivity (Wildman–Crippen MR) is 61.7 cm³/mol. The molecule has 1 aliphatic carbocycles. The molecule has 1 saturated carbocycles. The summed E-state index contributed by atoms with van der Waals surface area (Å²) in [6.45, 7) is 3.02. The Morgan fingerprint density at radius 2 is 2.06 bits per heavy atom. The second kappa shape index (κ2) is 4.15. The average Bonchev–Trinajstić information content (AvgIpc) is 3.14. The predicted octanol–water partition coefficient (Wildman–Crippen LogP) is 1.93. The van der Waals surface area contributed by atoms with Gasteiger partial charge in [0.05, 0.1) is 0 Å². The first-order valence-electron chi connectivity index (χ1n) is 6.06. The van der Waals surface area contributed by atoms with Crippen molar-refractivity contribution < 1.29 is 4.39 Å². The molecule has 0 spiro atoms. The largest absolute Gasteiger partial charge is 0.307 e. The highest BCUT2D eigenvalue weighted by Gasteiger charge is 2.33. The Morgan fingerprint density at radius 3 is 2.81 bits per heavy atom. The van der Waals surface area contributed by atoms with Gasteiger partial charge in [0, 0.05) is 37.3 Å². The molecule has 0 bridgehead atoms. The van der Waals surface area contributed by atoms with Crippen LogP contribution in [-0.4, -0.2) is 30.6 Å². The van der Waals surface area contributed by atoms with E-state index in [0.29, 0.717) is 0 Å². The van der Waals surface area contributed by atoms with Crippen LogP contribution in [0.5, 0.6) is 0 Å². The summed E-state index contributed by atoms with van der Waals surface area (Å²) in [6, 6.07) is 8.04. The van der Waals surface area contributed by atoms with Gasteiger partial charge in [-0.15, -0.1) is 0 Å². The van der Waals surface area contributed by atoms with Gasteiger partial charge in [-0.25, -0.2) is 4.39 Å². The molecule has 1 saturated heterocycles. The minimum atomic E-state index is -0.0855. The number of halogens is 1.